The molecule has 0 N–H and O–H groups in total. The fourth-order valence-electron chi connectivity index (χ4n) is 3.44. The molecular weight excluding hydrogens is 134 g/mol. The van der Waals surface area contributed by atoms with Gasteiger partial charge >= 0.3 is 0 Å². The zero-order chi connectivity index (χ0) is 7.42. The van der Waals surface area contributed by atoms with E-state index in [0.29, 0.717) is 0 Å². The molecule has 1 saturated carbocycles. The second-order valence-electron chi connectivity index (χ2n) is 4.37. The Labute approximate surface area is 68.1 Å². The van der Waals surface area contributed by atoms with Crippen LogP contribution in [-0.4, -0.2) is 24.5 Å². The second kappa shape index (κ2) is 1.89. The molecule has 1 heteroatoms. The lowest BCUT2D eigenvalue weighted by atomic mass is 9.90. The molecule has 2 bridgehead atoms. The number of nitrogens with zero attached hydrogens (tertiary/aromatic N) is 1. The van der Waals surface area contributed by atoms with Crippen molar-refractivity contribution in [2.45, 2.75) is 18.9 Å². The summed E-state index contributed by atoms with van der Waals surface area (Å²) in [6, 6.07) is 0.921. The number of likely N-dealkylation sites (tertiary alicyclic amines) is 1. The molecule has 4 unspecified atom stereocenters. The first-order chi connectivity index (χ1) is 5.36. The maximum absolute atomic E-state index is 2.57. The summed E-state index contributed by atoms with van der Waals surface area (Å²) in [5, 5.41) is 0. The van der Waals surface area contributed by atoms with Crippen LogP contribution in [0.4, 0.5) is 0 Å². The standard InChI is InChI=1S/C10H15N/c1-11-5-4-9-7-2-3-8(6-7)10(9)11/h2-3,7-10H,4-6H2,1H3. The lowest BCUT2D eigenvalue weighted by Gasteiger charge is -2.25. The van der Waals surface area contributed by atoms with Crippen LogP contribution in [0.5, 0.6) is 0 Å². The molecular formula is C10H15N. The van der Waals surface area contributed by atoms with Gasteiger partial charge in [-0.15, -0.1) is 0 Å². The first-order valence-electron chi connectivity index (χ1n) is 4.75. The molecule has 2 fully saturated rings. The topological polar surface area (TPSA) is 3.24 Å². The fraction of sp³-hybridized carbons (Fsp3) is 0.800. The van der Waals surface area contributed by atoms with E-state index in [1.54, 1.807) is 0 Å². The van der Waals surface area contributed by atoms with Gasteiger partial charge < -0.3 is 4.90 Å². The largest absolute Gasteiger partial charge is 0.303 e. The molecule has 4 atom stereocenters. The highest BCUT2D eigenvalue weighted by atomic mass is 15.2. The summed E-state index contributed by atoms with van der Waals surface area (Å²) in [6.45, 7) is 1.34. The normalized spacial score (nSPS) is 53.9. The van der Waals surface area contributed by atoms with Crippen LogP contribution in [0.1, 0.15) is 12.8 Å². The van der Waals surface area contributed by atoms with Gasteiger partial charge in [0.15, 0.2) is 0 Å². The van der Waals surface area contributed by atoms with Crippen LogP contribution in [0.25, 0.3) is 0 Å². The molecule has 1 saturated heterocycles. The van der Waals surface area contributed by atoms with E-state index < -0.39 is 0 Å². The molecule has 1 aliphatic heterocycles. The summed E-state index contributed by atoms with van der Waals surface area (Å²) >= 11 is 0. The zero-order valence-electron chi connectivity index (χ0n) is 7.03. The highest BCUT2D eigenvalue weighted by Gasteiger charge is 2.48. The van der Waals surface area contributed by atoms with Crippen molar-refractivity contribution in [1.29, 1.82) is 0 Å². The smallest absolute Gasteiger partial charge is 0.0189 e. The highest BCUT2D eigenvalue weighted by Crippen LogP contribution is 2.50. The van der Waals surface area contributed by atoms with E-state index in [4.69, 9.17) is 0 Å². The minimum atomic E-state index is 0.914. The Balaban J connectivity index is 1.97. The first-order valence-corrected chi connectivity index (χ1v) is 4.75. The van der Waals surface area contributed by atoms with Crippen molar-refractivity contribution in [3.05, 3.63) is 12.2 Å². The van der Waals surface area contributed by atoms with Crippen molar-refractivity contribution in [3.8, 4) is 0 Å². The molecule has 3 rings (SSSR count). The summed E-state index contributed by atoms with van der Waals surface area (Å²) < 4.78 is 0. The molecule has 0 aromatic heterocycles. The minimum absolute atomic E-state index is 0.914. The van der Waals surface area contributed by atoms with E-state index in [9.17, 15) is 0 Å². The van der Waals surface area contributed by atoms with Crippen molar-refractivity contribution in [2.24, 2.45) is 17.8 Å². The van der Waals surface area contributed by atoms with Gasteiger partial charge in [-0.1, -0.05) is 12.2 Å². The summed E-state index contributed by atoms with van der Waals surface area (Å²) in [4.78, 5) is 2.57. The van der Waals surface area contributed by atoms with Crippen LogP contribution in [0.2, 0.25) is 0 Å². The summed E-state index contributed by atoms with van der Waals surface area (Å²) in [5.41, 5.74) is 0. The van der Waals surface area contributed by atoms with E-state index in [1.165, 1.54) is 19.4 Å². The molecule has 0 amide bonds. The number of rotatable bonds is 0. The third-order valence-corrected chi connectivity index (χ3v) is 3.90. The van der Waals surface area contributed by atoms with Crippen LogP contribution in [0.15, 0.2) is 12.2 Å². The maximum Gasteiger partial charge on any atom is 0.0189 e. The van der Waals surface area contributed by atoms with Gasteiger partial charge in [0.05, 0.1) is 0 Å². The molecule has 1 nitrogen and oxygen atoms in total. The predicted molar refractivity (Wildman–Crippen MR) is 45.3 cm³/mol. The van der Waals surface area contributed by atoms with E-state index in [1.807, 2.05) is 0 Å². The Hall–Kier alpha value is -0.300. The van der Waals surface area contributed by atoms with Gasteiger partial charge in [0.1, 0.15) is 0 Å². The summed E-state index contributed by atoms with van der Waals surface area (Å²) in [5.74, 6) is 2.89. The van der Waals surface area contributed by atoms with Gasteiger partial charge in [-0.05, 0) is 44.2 Å². The number of fused-ring (bicyclic) bond motifs is 5. The highest BCUT2D eigenvalue weighted by molar-refractivity contribution is 5.18. The summed E-state index contributed by atoms with van der Waals surface area (Å²) in [6.07, 6.45) is 7.82. The van der Waals surface area contributed by atoms with E-state index >= 15 is 0 Å². The predicted octanol–water partition coefficient (Wildman–Crippen LogP) is 1.51. The van der Waals surface area contributed by atoms with E-state index in [0.717, 1.165) is 23.8 Å². The van der Waals surface area contributed by atoms with Crippen LogP contribution < -0.4 is 0 Å². The van der Waals surface area contributed by atoms with Crippen molar-refractivity contribution < 1.29 is 0 Å². The van der Waals surface area contributed by atoms with E-state index in [-0.39, 0.29) is 0 Å². The van der Waals surface area contributed by atoms with Crippen molar-refractivity contribution in [3.63, 3.8) is 0 Å². The number of hydrogen-bond donors (Lipinski definition) is 0. The maximum atomic E-state index is 2.57. The SMILES string of the molecule is CN1CCC2C3C=CC(C3)C21. The average molecular weight is 149 g/mol. The van der Waals surface area contributed by atoms with Gasteiger partial charge in [-0.25, -0.2) is 0 Å². The molecule has 0 spiro atoms. The van der Waals surface area contributed by atoms with Gasteiger partial charge in [-0.3, -0.25) is 0 Å². The van der Waals surface area contributed by atoms with Crippen molar-refractivity contribution in [2.75, 3.05) is 13.6 Å². The van der Waals surface area contributed by atoms with Crippen LogP contribution in [0, 0.1) is 17.8 Å². The quantitative estimate of drug-likeness (QED) is 0.472. The second-order valence-corrected chi connectivity index (χ2v) is 4.37. The average Bonchev–Trinajstić information content (AvgIpc) is 2.60. The van der Waals surface area contributed by atoms with Crippen LogP contribution in [-0.2, 0) is 0 Å². The Morgan fingerprint density at radius 2 is 2.09 bits per heavy atom. The van der Waals surface area contributed by atoms with Crippen molar-refractivity contribution in [1.82, 2.24) is 4.90 Å². The first kappa shape index (κ1) is 6.24. The van der Waals surface area contributed by atoms with Crippen LogP contribution in [0.3, 0.4) is 0 Å². The number of allylic oxidation sites excluding steroid dienone is 1. The van der Waals surface area contributed by atoms with Gasteiger partial charge in [0.25, 0.3) is 0 Å². The lowest BCUT2D eigenvalue weighted by molar-refractivity contribution is 0.252. The third kappa shape index (κ3) is 0.652. The Kier molecular flexibility index (Phi) is 1.07. The lowest BCUT2D eigenvalue weighted by Crippen LogP contribution is -2.32. The fourth-order valence-corrected chi connectivity index (χ4v) is 3.44. The summed E-state index contributed by atoms with van der Waals surface area (Å²) in [7, 11) is 2.29. The monoisotopic (exact) mass is 149 g/mol. The minimum Gasteiger partial charge on any atom is -0.303 e. The molecule has 0 aromatic carbocycles. The van der Waals surface area contributed by atoms with Gasteiger partial charge in [0.2, 0.25) is 0 Å². The molecule has 0 radical (unpaired) electrons. The molecule has 11 heavy (non-hydrogen) atoms. The van der Waals surface area contributed by atoms with Crippen LogP contribution >= 0.6 is 0 Å². The van der Waals surface area contributed by atoms with Gasteiger partial charge in [0, 0.05) is 6.04 Å². The zero-order valence-corrected chi connectivity index (χ0v) is 7.03. The molecule has 2 aliphatic carbocycles. The third-order valence-electron chi connectivity index (χ3n) is 3.90. The Bertz CT molecular complexity index is 209. The molecule has 60 valence electrons. The number of hydrogen-bond acceptors (Lipinski definition) is 1. The molecule has 0 aromatic rings. The molecule has 1 heterocycles. The molecule has 3 aliphatic rings. The Morgan fingerprint density at radius 3 is 2.91 bits per heavy atom. The van der Waals surface area contributed by atoms with E-state index in [2.05, 4.69) is 24.1 Å². The Morgan fingerprint density at radius 1 is 1.27 bits per heavy atom. The van der Waals surface area contributed by atoms with Gasteiger partial charge in [-0.2, -0.15) is 0 Å². The van der Waals surface area contributed by atoms with Crippen molar-refractivity contribution >= 4 is 0 Å².